The molecule has 0 spiro atoms. The molecule has 0 aliphatic carbocycles. The third-order valence-electron chi connectivity index (χ3n) is 1.79. The molecule has 0 aliphatic rings. The molecular formula is C10H10ClNO2. The van der Waals surface area contributed by atoms with Crippen LogP contribution in [0.5, 0.6) is 0 Å². The lowest BCUT2D eigenvalue weighted by Gasteiger charge is -1.99. The van der Waals surface area contributed by atoms with Crippen molar-refractivity contribution in [3.63, 3.8) is 0 Å². The molecule has 0 saturated carbocycles. The van der Waals surface area contributed by atoms with Gasteiger partial charge in [0.15, 0.2) is 0 Å². The summed E-state index contributed by atoms with van der Waals surface area (Å²) in [6.07, 6.45) is 5.09. The Labute approximate surface area is 87.0 Å². The van der Waals surface area contributed by atoms with Crippen LogP contribution in [0, 0.1) is 0 Å². The van der Waals surface area contributed by atoms with Crippen LogP contribution in [0.1, 0.15) is 18.9 Å². The molecule has 0 radical (unpaired) electrons. The summed E-state index contributed by atoms with van der Waals surface area (Å²) < 4.78 is 0. The predicted octanol–water partition coefficient (Wildman–Crippen LogP) is 2.61. The van der Waals surface area contributed by atoms with E-state index in [1.165, 1.54) is 6.20 Å². The highest BCUT2D eigenvalue weighted by atomic mass is 35.5. The number of carboxylic acids is 1. The highest BCUT2D eigenvalue weighted by molar-refractivity contribution is 6.32. The minimum absolute atomic E-state index is 0.332. The van der Waals surface area contributed by atoms with Crippen molar-refractivity contribution < 1.29 is 9.90 Å². The van der Waals surface area contributed by atoms with E-state index in [0.717, 1.165) is 0 Å². The van der Waals surface area contributed by atoms with E-state index in [1.807, 2.05) is 0 Å². The predicted molar refractivity (Wildman–Crippen MR) is 55.2 cm³/mol. The van der Waals surface area contributed by atoms with E-state index in [9.17, 15) is 4.79 Å². The first-order chi connectivity index (χ1) is 6.65. The zero-order valence-electron chi connectivity index (χ0n) is 7.70. The maximum Gasteiger partial charge on any atom is 0.331 e. The molecule has 0 aromatic carbocycles. The number of hydrogen-bond acceptors (Lipinski definition) is 2. The van der Waals surface area contributed by atoms with Crippen LogP contribution in [0.4, 0.5) is 0 Å². The normalized spacial score (nSPS) is 11.4. The fraction of sp³-hybridized carbons (Fsp3) is 0.200. The molecule has 4 heteroatoms. The second-order valence-corrected chi connectivity index (χ2v) is 3.13. The van der Waals surface area contributed by atoms with E-state index in [4.69, 9.17) is 16.7 Å². The average Bonchev–Trinajstić information content (AvgIpc) is 2.16. The van der Waals surface area contributed by atoms with Crippen LogP contribution < -0.4 is 0 Å². The Hall–Kier alpha value is -1.35. The minimum Gasteiger partial charge on any atom is -0.478 e. The molecular weight excluding hydrogens is 202 g/mol. The highest BCUT2D eigenvalue weighted by Gasteiger charge is 2.05. The van der Waals surface area contributed by atoms with E-state index in [0.29, 0.717) is 22.6 Å². The lowest BCUT2D eigenvalue weighted by molar-refractivity contribution is -0.132. The van der Waals surface area contributed by atoms with Crippen molar-refractivity contribution in [2.75, 3.05) is 0 Å². The zero-order chi connectivity index (χ0) is 10.6. The molecule has 0 atom stereocenters. The summed E-state index contributed by atoms with van der Waals surface area (Å²) in [6.45, 7) is 1.79. The molecule has 1 aromatic rings. The summed E-state index contributed by atoms with van der Waals surface area (Å²) in [7, 11) is 0. The average molecular weight is 212 g/mol. The Morgan fingerprint density at radius 3 is 2.93 bits per heavy atom. The van der Waals surface area contributed by atoms with Crippen LogP contribution in [0.15, 0.2) is 24.0 Å². The molecule has 1 N–H and O–H groups in total. The smallest absolute Gasteiger partial charge is 0.331 e. The van der Waals surface area contributed by atoms with Crippen molar-refractivity contribution in [3.05, 3.63) is 34.6 Å². The standard InChI is InChI=1S/C10H10ClNO2/c1-2-7(10(13)14)5-8-3-4-12-6-9(8)11/h3-6H,2H2,1H3,(H,13,14)/b7-5+. The molecule has 0 fully saturated rings. The summed E-state index contributed by atoms with van der Waals surface area (Å²) in [5.41, 5.74) is 1.01. The Morgan fingerprint density at radius 2 is 2.43 bits per heavy atom. The van der Waals surface area contributed by atoms with E-state index in [2.05, 4.69) is 4.98 Å². The Morgan fingerprint density at radius 1 is 1.71 bits per heavy atom. The fourth-order valence-corrected chi connectivity index (χ4v) is 1.18. The van der Waals surface area contributed by atoms with E-state index in [1.54, 1.807) is 25.3 Å². The Kier molecular flexibility index (Phi) is 3.65. The SMILES string of the molecule is CC/C(=C\c1ccncc1Cl)C(=O)O. The monoisotopic (exact) mass is 211 g/mol. The Bertz CT molecular complexity index is 374. The third kappa shape index (κ3) is 2.57. The van der Waals surface area contributed by atoms with Gasteiger partial charge >= 0.3 is 5.97 Å². The van der Waals surface area contributed by atoms with Gasteiger partial charge in [0.2, 0.25) is 0 Å². The van der Waals surface area contributed by atoms with Crippen molar-refractivity contribution in [1.82, 2.24) is 4.98 Å². The molecule has 0 aliphatic heterocycles. The first-order valence-corrected chi connectivity index (χ1v) is 4.56. The molecule has 1 aromatic heterocycles. The lowest BCUT2D eigenvalue weighted by Crippen LogP contribution is -1.98. The van der Waals surface area contributed by atoms with Gasteiger partial charge in [-0.3, -0.25) is 4.98 Å². The first kappa shape index (κ1) is 10.7. The highest BCUT2D eigenvalue weighted by Crippen LogP contribution is 2.18. The van der Waals surface area contributed by atoms with Gasteiger partial charge in [0, 0.05) is 18.0 Å². The van der Waals surface area contributed by atoms with Gasteiger partial charge in [0.05, 0.1) is 5.02 Å². The first-order valence-electron chi connectivity index (χ1n) is 4.18. The van der Waals surface area contributed by atoms with Gasteiger partial charge in [-0.25, -0.2) is 4.79 Å². The number of hydrogen-bond donors (Lipinski definition) is 1. The van der Waals surface area contributed by atoms with Gasteiger partial charge in [-0.15, -0.1) is 0 Å². The summed E-state index contributed by atoms with van der Waals surface area (Å²) in [5, 5.41) is 9.26. The fourth-order valence-electron chi connectivity index (χ4n) is 1.01. The van der Waals surface area contributed by atoms with Crippen LogP contribution in [-0.2, 0) is 4.79 Å². The molecule has 0 amide bonds. The maximum atomic E-state index is 10.7. The van der Waals surface area contributed by atoms with Crippen LogP contribution in [0.25, 0.3) is 6.08 Å². The molecule has 74 valence electrons. The molecule has 14 heavy (non-hydrogen) atoms. The second-order valence-electron chi connectivity index (χ2n) is 2.73. The largest absolute Gasteiger partial charge is 0.478 e. The van der Waals surface area contributed by atoms with Crippen LogP contribution in [0.2, 0.25) is 5.02 Å². The van der Waals surface area contributed by atoms with Crippen molar-refractivity contribution >= 4 is 23.6 Å². The van der Waals surface area contributed by atoms with E-state index < -0.39 is 5.97 Å². The van der Waals surface area contributed by atoms with Crippen molar-refractivity contribution in [2.45, 2.75) is 13.3 Å². The van der Waals surface area contributed by atoms with Crippen LogP contribution >= 0.6 is 11.6 Å². The number of halogens is 1. The van der Waals surface area contributed by atoms with Crippen LogP contribution in [0.3, 0.4) is 0 Å². The molecule has 0 saturated heterocycles. The van der Waals surface area contributed by atoms with E-state index in [-0.39, 0.29) is 0 Å². The summed E-state index contributed by atoms with van der Waals surface area (Å²) >= 11 is 5.83. The number of pyridine rings is 1. The Balaban J connectivity index is 3.07. The second kappa shape index (κ2) is 4.77. The summed E-state index contributed by atoms with van der Waals surface area (Å²) in [6, 6.07) is 1.68. The topological polar surface area (TPSA) is 50.2 Å². The number of carbonyl (C=O) groups is 1. The lowest BCUT2D eigenvalue weighted by atomic mass is 10.1. The van der Waals surface area contributed by atoms with E-state index >= 15 is 0 Å². The van der Waals surface area contributed by atoms with Crippen molar-refractivity contribution in [2.24, 2.45) is 0 Å². The number of nitrogens with zero attached hydrogens (tertiary/aromatic N) is 1. The van der Waals surface area contributed by atoms with Gasteiger partial charge in [-0.1, -0.05) is 18.5 Å². The van der Waals surface area contributed by atoms with Crippen molar-refractivity contribution in [3.8, 4) is 0 Å². The van der Waals surface area contributed by atoms with Gasteiger partial charge in [-0.2, -0.15) is 0 Å². The van der Waals surface area contributed by atoms with Crippen LogP contribution in [-0.4, -0.2) is 16.1 Å². The summed E-state index contributed by atoms with van der Waals surface area (Å²) in [4.78, 5) is 14.5. The van der Waals surface area contributed by atoms with Gasteiger partial charge in [0.1, 0.15) is 0 Å². The van der Waals surface area contributed by atoms with Gasteiger partial charge < -0.3 is 5.11 Å². The third-order valence-corrected chi connectivity index (χ3v) is 2.10. The minimum atomic E-state index is -0.916. The van der Waals surface area contributed by atoms with Gasteiger partial charge in [-0.05, 0) is 24.1 Å². The molecule has 0 bridgehead atoms. The molecule has 1 heterocycles. The maximum absolute atomic E-state index is 10.7. The molecule has 3 nitrogen and oxygen atoms in total. The molecule has 1 rings (SSSR count). The number of aliphatic carboxylic acids is 1. The number of aromatic nitrogens is 1. The van der Waals surface area contributed by atoms with Crippen molar-refractivity contribution in [1.29, 1.82) is 0 Å². The quantitative estimate of drug-likeness (QED) is 0.782. The molecule has 0 unspecified atom stereocenters. The zero-order valence-corrected chi connectivity index (χ0v) is 8.45. The van der Waals surface area contributed by atoms with Gasteiger partial charge in [0.25, 0.3) is 0 Å². The summed E-state index contributed by atoms with van der Waals surface area (Å²) in [5.74, 6) is -0.916. The number of carboxylic acid groups (broad SMARTS) is 1. The number of rotatable bonds is 3.